The third-order valence-corrected chi connectivity index (χ3v) is 5.32. The molecule has 2 nitrogen and oxygen atoms in total. The Morgan fingerprint density at radius 2 is 1.67 bits per heavy atom. The van der Waals surface area contributed by atoms with E-state index in [9.17, 15) is 8.42 Å². The maximum atomic E-state index is 11.2. The summed E-state index contributed by atoms with van der Waals surface area (Å²) in [6, 6.07) is 0. The molecule has 0 aromatic carbocycles. The zero-order valence-electron chi connectivity index (χ0n) is 7.49. The molecule has 1 saturated carbocycles. The Hall–Kier alpha value is -0.0500. The molecule has 2 atom stereocenters. The van der Waals surface area contributed by atoms with Gasteiger partial charge in [-0.1, -0.05) is 13.3 Å². The van der Waals surface area contributed by atoms with Gasteiger partial charge in [-0.25, -0.2) is 8.42 Å². The predicted octanol–water partition coefficient (Wildman–Crippen LogP) is 1.47. The molecule has 3 heteroatoms. The van der Waals surface area contributed by atoms with Crippen LogP contribution >= 0.6 is 0 Å². The first-order chi connectivity index (χ1) is 5.61. The van der Waals surface area contributed by atoms with Crippen LogP contribution in [0.15, 0.2) is 0 Å². The van der Waals surface area contributed by atoms with Crippen molar-refractivity contribution in [3.8, 4) is 0 Å². The van der Waals surface area contributed by atoms with Crippen LogP contribution in [0.25, 0.3) is 0 Å². The van der Waals surface area contributed by atoms with Gasteiger partial charge < -0.3 is 0 Å². The summed E-state index contributed by atoms with van der Waals surface area (Å²) in [7, 11) is -2.64. The van der Waals surface area contributed by atoms with Crippen molar-refractivity contribution < 1.29 is 8.42 Å². The van der Waals surface area contributed by atoms with Crippen LogP contribution in [-0.2, 0) is 9.84 Å². The molecule has 0 aromatic rings. The Balaban J connectivity index is 2.07. The first-order valence-corrected chi connectivity index (χ1v) is 6.63. The summed E-state index contributed by atoms with van der Waals surface area (Å²) < 4.78 is 22.5. The molecular weight excluding hydrogens is 172 g/mol. The monoisotopic (exact) mass is 188 g/mol. The van der Waals surface area contributed by atoms with Gasteiger partial charge in [0.1, 0.15) is 0 Å². The van der Waals surface area contributed by atoms with Crippen molar-refractivity contribution >= 4 is 9.84 Å². The molecule has 0 N–H and O–H groups in total. The predicted molar refractivity (Wildman–Crippen MR) is 48.6 cm³/mol. The van der Waals surface area contributed by atoms with Crippen molar-refractivity contribution in [2.75, 3.05) is 11.5 Å². The van der Waals surface area contributed by atoms with Crippen molar-refractivity contribution in [3.05, 3.63) is 0 Å². The van der Waals surface area contributed by atoms with Gasteiger partial charge in [0.25, 0.3) is 0 Å². The number of hydrogen-bond donors (Lipinski definition) is 0. The van der Waals surface area contributed by atoms with Gasteiger partial charge in [-0.2, -0.15) is 0 Å². The average Bonchev–Trinajstić information content (AvgIpc) is 2.40. The van der Waals surface area contributed by atoms with E-state index in [4.69, 9.17) is 0 Å². The molecule has 70 valence electrons. The summed E-state index contributed by atoms with van der Waals surface area (Å²) in [5.41, 5.74) is 0. The number of rotatable bonds is 1. The molecule has 2 aliphatic rings. The highest BCUT2D eigenvalue weighted by atomic mass is 32.2. The van der Waals surface area contributed by atoms with Gasteiger partial charge in [-0.3, -0.25) is 0 Å². The van der Waals surface area contributed by atoms with Gasteiger partial charge in [0.2, 0.25) is 0 Å². The van der Waals surface area contributed by atoms with Gasteiger partial charge in [-0.05, 0) is 30.6 Å². The lowest BCUT2D eigenvalue weighted by atomic mass is 10.0. The second-order valence-electron chi connectivity index (χ2n) is 4.34. The maximum Gasteiger partial charge on any atom is 0.150 e. The van der Waals surface area contributed by atoms with Gasteiger partial charge in [0, 0.05) is 0 Å². The summed E-state index contributed by atoms with van der Waals surface area (Å²) in [6.07, 6.45) is 3.56. The van der Waals surface area contributed by atoms with E-state index < -0.39 is 9.84 Å². The Bertz CT molecular complexity index is 248. The summed E-state index contributed by atoms with van der Waals surface area (Å²) in [5.74, 6) is 2.80. The molecule has 2 fully saturated rings. The van der Waals surface area contributed by atoms with E-state index in [2.05, 4.69) is 6.92 Å². The molecule has 1 heterocycles. The SMILES string of the molecule is CCC1CC2CS(=O)(=O)CC2C1. The molecule has 1 saturated heterocycles. The van der Waals surface area contributed by atoms with Crippen LogP contribution in [0.5, 0.6) is 0 Å². The largest absolute Gasteiger partial charge is 0.229 e. The number of sulfone groups is 1. The normalized spacial score (nSPS) is 44.6. The minimum absolute atomic E-state index is 0.480. The molecule has 1 aliphatic carbocycles. The summed E-state index contributed by atoms with van der Waals surface area (Å²) in [4.78, 5) is 0. The molecule has 0 radical (unpaired) electrons. The third kappa shape index (κ3) is 1.39. The highest BCUT2D eigenvalue weighted by Gasteiger charge is 2.43. The zero-order chi connectivity index (χ0) is 8.77. The molecule has 12 heavy (non-hydrogen) atoms. The van der Waals surface area contributed by atoms with E-state index in [-0.39, 0.29) is 0 Å². The highest BCUT2D eigenvalue weighted by Crippen LogP contribution is 2.43. The van der Waals surface area contributed by atoms with E-state index in [0.29, 0.717) is 23.3 Å². The van der Waals surface area contributed by atoms with Gasteiger partial charge in [0.15, 0.2) is 9.84 Å². The Kier molecular flexibility index (Phi) is 1.94. The fourth-order valence-electron chi connectivity index (χ4n) is 2.80. The van der Waals surface area contributed by atoms with Crippen LogP contribution < -0.4 is 0 Å². The molecule has 0 amide bonds. The van der Waals surface area contributed by atoms with Crippen LogP contribution in [0.1, 0.15) is 26.2 Å². The average molecular weight is 188 g/mol. The second-order valence-corrected chi connectivity index (χ2v) is 6.50. The van der Waals surface area contributed by atoms with Crippen molar-refractivity contribution in [2.45, 2.75) is 26.2 Å². The van der Waals surface area contributed by atoms with E-state index in [1.807, 2.05) is 0 Å². The quantitative estimate of drug-likeness (QED) is 0.624. The first kappa shape index (κ1) is 8.54. The molecule has 1 aliphatic heterocycles. The lowest BCUT2D eigenvalue weighted by molar-refractivity contribution is 0.494. The molecule has 0 bridgehead atoms. The first-order valence-electron chi connectivity index (χ1n) is 4.81. The number of hydrogen-bond acceptors (Lipinski definition) is 2. The molecule has 2 rings (SSSR count). The molecule has 0 aromatic heterocycles. The Morgan fingerprint density at radius 3 is 2.08 bits per heavy atom. The fraction of sp³-hybridized carbons (Fsp3) is 1.00. The standard InChI is InChI=1S/C9H16O2S/c1-2-7-3-8-5-12(10,11)6-9(8)4-7/h7-9H,2-6H2,1H3. The van der Waals surface area contributed by atoms with Gasteiger partial charge in [-0.15, -0.1) is 0 Å². The Morgan fingerprint density at radius 1 is 1.17 bits per heavy atom. The zero-order valence-corrected chi connectivity index (χ0v) is 8.31. The van der Waals surface area contributed by atoms with Crippen molar-refractivity contribution in [1.29, 1.82) is 0 Å². The molecular formula is C9H16O2S. The minimum Gasteiger partial charge on any atom is -0.229 e. The van der Waals surface area contributed by atoms with E-state index in [1.165, 1.54) is 19.3 Å². The van der Waals surface area contributed by atoms with Crippen LogP contribution in [0.2, 0.25) is 0 Å². The van der Waals surface area contributed by atoms with E-state index >= 15 is 0 Å². The fourth-order valence-corrected chi connectivity index (χ4v) is 5.06. The maximum absolute atomic E-state index is 11.2. The molecule has 2 unspecified atom stereocenters. The number of fused-ring (bicyclic) bond motifs is 1. The van der Waals surface area contributed by atoms with Crippen LogP contribution in [0, 0.1) is 17.8 Å². The van der Waals surface area contributed by atoms with Crippen LogP contribution in [0.3, 0.4) is 0 Å². The molecule has 0 spiro atoms. The second kappa shape index (κ2) is 2.72. The summed E-state index contributed by atoms with van der Waals surface area (Å²) >= 11 is 0. The smallest absolute Gasteiger partial charge is 0.150 e. The van der Waals surface area contributed by atoms with Gasteiger partial charge in [0.05, 0.1) is 11.5 Å². The summed E-state index contributed by atoms with van der Waals surface area (Å²) in [6.45, 7) is 2.21. The summed E-state index contributed by atoms with van der Waals surface area (Å²) in [5, 5.41) is 0. The lowest BCUT2D eigenvalue weighted by Gasteiger charge is -2.05. The lowest BCUT2D eigenvalue weighted by Crippen LogP contribution is -2.07. The topological polar surface area (TPSA) is 34.1 Å². The van der Waals surface area contributed by atoms with Crippen molar-refractivity contribution in [1.82, 2.24) is 0 Å². The highest BCUT2D eigenvalue weighted by molar-refractivity contribution is 7.91. The van der Waals surface area contributed by atoms with Crippen LogP contribution in [0.4, 0.5) is 0 Å². The van der Waals surface area contributed by atoms with E-state index in [1.54, 1.807) is 0 Å². The third-order valence-electron chi connectivity index (χ3n) is 3.45. The van der Waals surface area contributed by atoms with Crippen molar-refractivity contribution in [3.63, 3.8) is 0 Å². The van der Waals surface area contributed by atoms with E-state index in [0.717, 1.165) is 5.92 Å². The van der Waals surface area contributed by atoms with Gasteiger partial charge >= 0.3 is 0 Å². The Labute approximate surface area is 74.3 Å². The van der Waals surface area contributed by atoms with Crippen LogP contribution in [-0.4, -0.2) is 19.9 Å². The van der Waals surface area contributed by atoms with Crippen molar-refractivity contribution in [2.24, 2.45) is 17.8 Å². The minimum atomic E-state index is -2.64.